The maximum atomic E-state index is 8.64. The molecule has 0 atom stereocenters. The third kappa shape index (κ3) is 2.86. The van der Waals surface area contributed by atoms with Crippen molar-refractivity contribution >= 4 is 5.82 Å². The van der Waals surface area contributed by atoms with Gasteiger partial charge in [0, 0.05) is 18.8 Å². The molecule has 0 aliphatic heterocycles. The second kappa shape index (κ2) is 5.96. The SMILES string of the molecule is COc1cccnc1N(CCC#N)C(C)C. The molecule has 86 valence electrons. The number of nitrogens with zero attached hydrogens (tertiary/aromatic N) is 3. The van der Waals surface area contributed by atoms with Crippen molar-refractivity contribution in [2.45, 2.75) is 26.3 Å². The van der Waals surface area contributed by atoms with Crippen LogP contribution < -0.4 is 9.64 Å². The molecule has 0 saturated carbocycles. The predicted molar refractivity (Wildman–Crippen MR) is 63.5 cm³/mol. The first-order valence-electron chi connectivity index (χ1n) is 5.33. The van der Waals surface area contributed by atoms with Crippen LogP contribution in [-0.2, 0) is 0 Å². The van der Waals surface area contributed by atoms with Gasteiger partial charge in [-0.2, -0.15) is 5.26 Å². The summed E-state index contributed by atoms with van der Waals surface area (Å²) in [4.78, 5) is 6.39. The van der Waals surface area contributed by atoms with Crippen LogP contribution in [0.1, 0.15) is 20.3 Å². The van der Waals surface area contributed by atoms with Gasteiger partial charge in [-0.3, -0.25) is 0 Å². The Morgan fingerprint density at radius 1 is 1.56 bits per heavy atom. The van der Waals surface area contributed by atoms with Gasteiger partial charge in [0.25, 0.3) is 0 Å². The topological polar surface area (TPSA) is 49.1 Å². The van der Waals surface area contributed by atoms with E-state index in [1.807, 2.05) is 12.1 Å². The van der Waals surface area contributed by atoms with E-state index >= 15 is 0 Å². The number of methoxy groups -OCH3 is 1. The van der Waals surface area contributed by atoms with E-state index in [-0.39, 0.29) is 6.04 Å². The Kier molecular flexibility index (Phi) is 4.59. The number of rotatable bonds is 5. The van der Waals surface area contributed by atoms with E-state index in [1.54, 1.807) is 13.3 Å². The van der Waals surface area contributed by atoms with E-state index in [0.29, 0.717) is 13.0 Å². The smallest absolute Gasteiger partial charge is 0.171 e. The molecule has 0 aliphatic rings. The lowest BCUT2D eigenvalue weighted by molar-refractivity contribution is 0.411. The Hall–Kier alpha value is -1.76. The van der Waals surface area contributed by atoms with Crippen LogP contribution in [0.2, 0.25) is 0 Å². The van der Waals surface area contributed by atoms with Crippen molar-refractivity contribution in [2.24, 2.45) is 0 Å². The maximum Gasteiger partial charge on any atom is 0.171 e. The van der Waals surface area contributed by atoms with Crippen LogP contribution in [0.5, 0.6) is 5.75 Å². The number of hydrogen-bond donors (Lipinski definition) is 0. The van der Waals surface area contributed by atoms with Crippen molar-refractivity contribution in [2.75, 3.05) is 18.6 Å². The lowest BCUT2D eigenvalue weighted by Gasteiger charge is -2.28. The molecule has 0 aliphatic carbocycles. The molecular weight excluding hydrogens is 202 g/mol. The van der Waals surface area contributed by atoms with E-state index in [9.17, 15) is 0 Å². The zero-order valence-electron chi connectivity index (χ0n) is 9.97. The van der Waals surface area contributed by atoms with Crippen molar-refractivity contribution in [3.63, 3.8) is 0 Å². The van der Waals surface area contributed by atoms with E-state index in [2.05, 4.69) is 29.8 Å². The Morgan fingerprint density at radius 3 is 2.88 bits per heavy atom. The van der Waals surface area contributed by atoms with E-state index in [0.717, 1.165) is 11.6 Å². The summed E-state index contributed by atoms with van der Waals surface area (Å²) < 4.78 is 5.27. The molecule has 0 bridgehead atoms. The molecule has 4 nitrogen and oxygen atoms in total. The Balaban J connectivity index is 2.96. The lowest BCUT2D eigenvalue weighted by Crippen LogP contribution is -2.32. The second-order valence-electron chi connectivity index (χ2n) is 3.72. The fraction of sp³-hybridized carbons (Fsp3) is 0.500. The molecule has 0 radical (unpaired) electrons. The minimum Gasteiger partial charge on any atom is -0.493 e. The Morgan fingerprint density at radius 2 is 2.31 bits per heavy atom. The van der Waals surface area contributed by atoms with Crippen LogP contribution >= 0.6 is 0 Å². The number of hydrogen-bond acceptors (Lipinski definition) is 4. The molecule has 0 spiro atoms. The van der Waals surface area contributed by atoms with E-state index < -0.39 is 0 Å². The van der Waals surface area contributed by atoms with Crippen LogP contribution in [-0.4, -0.2) is 24.7 Å². The zero-order chi connectivity index (χ0) is 12.0. The van der Waals surface area contributed by atoms with Crippen LogP contribution in [0.4, 0.5) is 5.82 Å². The van der Waals surface area contributed by atoms with Crippen molar-refractivity contribution in [1.82, 2.24) is 4.98 Å². The quantitative estimate of drug-likeness (QED) is 0.762. The van der Waals surface area contributed by atoms with Crippen LogP contribution in [0.25, 0.3) is 0 Å². The average molecular weight is 219 g/mol. The molecule has 1 rings (SSSR count). The number of anilines is 1. The summed E-state index contributed by atoms with van der Waals surface area (Å²) in [5, 5.41) is 8.64. The van der Waals surface area contributed by atoms with Crippen LogP contribution in [0, 0.1) is 11.3 Å². The summed E-state index contributed by atoms with van der Waals surface area (Å²) in [6.07, 6.45) is 2.22. The molecule has 0 amide bonds. The van der Waals surface area contributed by atoms with Gasteiger partial charge in [0.2, 0.25) is 0 Å². The predicted octanol–water partition coefficient (Wildman–Crippen LogP) is 2.22. The van der Waals surface area contributed by atoms with Crippen molar-refractivity contribution in [3.8, 4) is 11.8 Å². The van der Waals surface area contributed by atoms with E-state index in [1.165, 1.54) is 0 Å². The molecule has 1 heterocycles. The summed E-state index contributed by atoms with van der Waals surface area (Å²) in [6.45, 7) is 4.82. The van der Waals surface area contributed by atoms with E-state index in [4.69, 9.17) is 10.00 Å². The van der Waals surface area contributed by atoms with Crippen molar-refractivity contribution in [3.05, 3.63) is 18.3 Å². The molecule has 0 saturated heterocycles. The number of ether oxygens (including phenoxy) is 1. The molecule has 0 fully saturated rings. The number of pyridine rings is 1. The Bertz CT molecular complexity index is 371. The number of aromatic nitrogens is 1. The van der Waals surface area contributed by atoms with Gasteiger partial charge in [-0.15, -0.1) is 0 Å². The van der Waals surface area contributed by atoms with Gasteiger partial charge < -0.3 is 9.64 Å². The fourth-order valence-electron chi connectivity index (χ4n) is 1.54. The standard InChI is InChI=1S/C12H17N3O/c1-10(2)15(9-5-7-13)12-11(16-3)6-4-8-14-12/h4,6,8,10H,5,9H2,1-3H3. The molecule has 16 heavy (non-hydrogen) atoms. The molecule has 0 aromatic carbocycles. The maximum absolute atomic E-state index is 8.64. The minimum atomic E-state index is 0.289. The summed E-state index contributed by atoms with van der Waals surface area (Å²) in [5.74, 6) is 1.55. The summed E-state index contributed by atoms with van der Waals surface area (Å²) >= 11 is 0. The summed E-state index contributed by atoms with van der Waals surface area (Å²) in [5.41, 5.74) is 0. The van der Waals surface area contributed by atoms with Gasteiger partial charge >= 0.3 is 0 Å². The van der Waals surface area contributed by atoms with Gasteiger partial charge in [0.05, 0.1) is 19.6 Å². The minimum absolute atomic E-state index is 0.289. The van der Waals surface area contributed by atoms with Crippen molar-refractivity contribution < 1.29 is 4.74 Å². The monoisotopic (exact) mass is 219 g/mol. The first-order chi connectivity index (χ1) is 7.70. The molecule has 4 heteroatoms. The molecule has 0 unspecified atom stereocenters. The molecule has 1 aromatic rings. The Labute approximate surface area is 96.5 Å². The first kappa shape index (κ1) is 12.3. The highest BCUT2D eigenvalue weighted by Gasteiger charge is 2.15. The first-order valence-corrected chi connectivity index (χ1v) is 5.33. The lowest BCUT2D eigenvalue weighted by atomic mass is 10.2. The van der Waals surface area contributed by atoms with Crippen molar-refractivity contribution in [1.29, 1.82) is 5.26 Å². The highest BCUT2D eigenvalue weighted by molar-refractivity contribution is 5.52. The van der Waals surface area contributed by atoms with Gasteiger partial charge in [-0.1, -0.05) is 0 Å². The van der Waals surface area contributed by atoms with Crippen LogP contribution in [0.15, 0.2) is 18.3 Å². The molecular formula is C12H17N3O. The molecule has 1 aromatic heterocycles. The van der Waals surface area contributed by atoms with Crippen LogP contribution in [0.3, 0.4) is 0 Å². The fourth-order valence-corrected chi connectivity index (χ4v) is 1.54. The largest absolute Gasteiger partial charge is 0.493 e. The zero-order valence-corrected chi connectivity index (χ0v) is 9.97. The summed E-state index contributed by atoms with van der Waals surface area (Å²) in [7, 11) is 1.63. The van der Waals surface area contributed by atoms with Gasteiger partial charge in [-0.25, -0.2) is 4.98 Å². The highest BCUT2D eigenvalue weighted by atomic mass is 16.5. The van der Waals surface area contributed by atoms with Gasteiger partial charge in [0.1, 0.15) is 0 Å². The second-order valence-corrected chi connectivity index (χ2v) is 3.72. The summed E-state index contributed by atoms with van der Waals surface area (Å²) in [6, 6.07) is 6.16. The third-order valence-electron chi connectivity index (χ3n) is 2.33. The normalized spacial score (nSPS) is 9.94. The highest BCUT2D eigenvalue weighted by Crippen LogP contribution is 2.26. The third-order valence-corrected chi connectivity index (χ3v) is 2.33. The van der Waals surface area contributed by atoms with Gasteiger partial charge in [0.15, 0.2) is 11.6 Å². The molecule has 0 N–H and O–H groups in total. The number of nitriles is 1. The average Bonchev–Trinajstić information content (AvgIpc) is 2.29. The van der Waals surface area contributed by atoms with Gasteiger partial charge in [-0.05, 0) is 26.0 Å².